The summed E-state index contributed by atoms with van der Waals surface area (Å²) in [5, 5.41) is 6.23. The van der Waals surface area contributed by atoms with Crippen molar-refractivity contribution < 1.29 is 0 Å². The second-order valence-corrected chi connectivity index (χ2v) is 5.08. The summed E-state index contributed by atoms with van der Waals surface area (Å²) in [5.41, 5.74) is 4.08. The zero-order chi connectivity index (χ0) is 12.0. The predicted octanol–water partition coefficient (Wildman–Crippen LogP) is 3.43. The van der Waals surface area contributed by atoms with Gasteiger partial charge in [-0.2, -0.15) is 0 Å². The van der Waals surface area contributed by atoms with Crippen molar-refractivity contribution in [3.05, 3.63) is 35.9 Å². The summed E-state index contributed by atoms with van der Waals surface area (Å²) >= 11 is 0. The lowest BCUT2D eigenvalue weighted by Crippen LogP contribution is -2.09. The van der Waals surface area contributed by atoms with Gasteiger partial charge in [0.05, 0.1) is 0 Å². The van der Waals surface area contributed by atoms with Crippen molar-refractivity contribution in [1.29, 1.82) is 0 Å². The van der Waals surface area contributed by atoms with E-state index < -0.39 is 0 Å². The summed E-state index contributed by atoms with van der Waals surface area (Å²) in [6, 6.07) is 11.0. The van der Waals surface area contributed by atoms with Crippen LogP contribution in [0.5, 0.6) is 0 Å². The molecule has 0 spiro atoms. The molecule has 0 aromatic heterocycles. The maximum absolute atomic E-state index is 3.48. The minimum atomic E-state index is 0.603. The van der Waals surface area contributed by atoms with Gasteiger partial charge in [-0.25, -0.2) is 0 Å². The molecule has 88 valence electrons. The third kappa shape index (κ3) is 1.47. The van der Waals surface area contributed by atoms with Crippen molar-refractivity contribution >= 4 is 22.1 Å². The third-order valence-electron chi connectivity index (χ3n) is 3.65. The van der Waals surface area contributed by atoms with Crippen molar-refractivity contribution in [2.75, 3.05) is 30.9 Å². The van der Waals surface area contributed by atoms with Crippen LogP contribution >= 0.6 is 0 Å². The van der Waals surface area contributed by atoms with E-state index in [0.717, 1.165) is 6.54 Å². The Morgan fingerprint density at radius 3 is 2.71 bits per heavy atom. The Labute approximate surface area is 102 Å². The molecule has 0 saturated heterocycles. The number of nitrogens with zero attached hydrogens (tertiary/aromatic N) is 1. The van der Waals surface area contributed by atoms with Crippen molar-refractivity contribution in [2.45, 2.75) is 12.8 Å². The number of nitrogens with one attached hydrogen (secondary N) is 1. The summed E-state index contributed by atoms with van der Waals surface area (Å²) in [4.78, 5) is 2.18. The van der Waals surface area contributed by atoms with Crippen LogP contribution in [-0.2, 0) is 0 Å². The standard InChI is InChI=1S/C15H18N2/c1-10-9-16-13-8-7-11-12(15(10)13)5-4-6-14(11)17(2)3/h4-8,10,16H,9H2,1-3H3. The molecular formula is C15H18N2. The number of anilines is 2. The normalized spacial score (nSPS) is 17.9. The van der Waals surface area contributed by atoms with Crippen LogP contribution in [0.15, 0.2) is 30.3 Å². The summed E-state index contributed by atoms with van der Waals surface area (Å²) < 4.78 is 0. The van der Waals surface area contributed by atoms with Gasteiger partial charge in [-0.15, -0.1) is 0 Å². The van der Waals surface area contributed by atoms with Gasteiger partial charge in [-0.3, -0.25) is 0 Å². The van der Waals surface area contributed by atoms with E-state index >= 15 is 0 Å². The molecule has 1 N–H and O–H groups in total. The van der Waals surface area contributed by atoms with Crippen molar-refractivity contribution in [2.24, 2.45) is 0 Å². The number of benzene rings is 2. The van der Waals surface area contributed by atoms with Crippen LogP contribution in [0.3, 0.4) is 0 Å². The fourth-order valence-electron chi connectivity index (χ4n) is 2.80. The number of fused-ring (bicyclic) bond motifs is 3. The molecule has 0 saturated carbocycles. The Morgan fingerprint density at radius 2 is 1.94 bits per heavy atom. The van der Waals surface area contributed by atoms with Crippen LogP contribution in [0, 0.1) is 0 Å². The number of hydrogen-bond donors (Lipinski definition) is 1. The summed E-state index contributed by atoms with van der Waals surface area (Å²) in [5.74, 6) is 0.603. The van der Waals surface area contributed by atoms with E-state index in [1.807, 2.05) is 0 Å². The first-order chi connectivity index (χ1) is 8.18. The van der Waals surface area contributed by atoms with E-state index in [9.17, 15) is 0 Å². The molecule has 2 heteroatoms. The summed E-state index contributed by atoms with van der Waals surface area (Å²) in [6.07, 6.45) is 0. The van der Waals surface area contributed by atoms with Gasteiger partial charge in [0.1, 0.15) is 0 Å². The second-order valence-electron chi connectivity index (χ2n) is 5.08. The average Bonchev–Trinajstić information content (AvgIpc) is 2.70. The molecule has 2 nitrogen and oxygen atoms in total. The van der Waals surface area contributed by atoms with Crippen LogP contribution < -0.4 is 10.2 Å². The highest BCUT2D eigenvalue weighted by molar-refractivity contribution is 5.99. The minimum absolute atomic E-state index is 0.603. The van der Waals surface area contributed by atoms with E-state index in [-0.39, 0.29) is 0 Å². The van der Waals surface area contributed by atoms with Gasteiger partial charge in [-0.05, 0) is 23.1 Å². The maximum Gasteiger partial charge on any atom is 0.0440 e. The molecule has 1 atom stereocenters. The zero-order valence-electron chi connectivity index (χ0n) is 10.6. The molecular weight excluding hydrogens is 208 g/mol. The van der Waals surface area contributed by atoms with E-state index in [4.69, 9.17) is 0 Å². The third-order valence-corrected chi connectivity index (χ3v) is 3.65. The molecule has 1 heterocycles. The highest BCUT2D eigenvalue weighted by Crippen LogP contribution is 2.39. The Kier molecular flexibility index (Phi) is 2.25. The van der Waals surface area contributed by atoms with Crippen LogP contribution in [0.1, 0.15) is 18.4 Å². The van der Waals surface area contributed by atoms with Crippen LogP contribution in [0.4, 0.5) is 11.4 Å². The first-order valence-corrected chi connectivity index (χ1v) is 6.15. The SMILES string of the molecule is CC1CNc2ccc3c(N(C)C)cccc3c21. The van der Waals surface area contributed by atoms with Crippen LogP contribution in [0.2, 0.25) is 0 Å². The smallest absolute Gasteiger partial charge is 0.0440 e. The number of rotatable bonds is 1. The molecule has 0 fully saturated rings. The molecule has 17 heavy (non-hydrogen) atoms. The first kappa shape index (κ1) is 10.5. The monoisotopic (exact) mass is 226 g/mol. The molecule has 0 amide bonds. The molecule has 1 aliphatic rings. The highest BCUT2D eigenvalue weighted by Gasteiger charge is 2.21. The molecule has 3 rings (SSSR count). The fraction of sp³-hybridized carbons (Fsp3) is 0.333. The molecule has 2 aromatic carbocycles. The topological polar surface area (TPSA) is 15.3 Å². The van der Waals surface area contributed by atoms with Crippen molar-refractivity contribution in [3.8, 4) is 0 Å². The van der Waals surface area contributed by atoms with E-state index in [0.29, 0.717) is 5.92 Å². The maximum atomic E-state index is 3.48. The Morgan fingerprint density at radius 1 is 1.12 bits per heavy atom. The zero-order valence-corrected chi connectivity index (χ0v) is 10.6. The fourth-order valence-corrected chi connectivity index (χ4v) is 2.80. The van der Waals surface area contributed by atoms with Gasteiger partial charge in [0.25, 0.3) is 0 Å². The Balaban J connectivity index is 2.35. The first-order valence-electron chi connectivity index (χ1n) is 6.15. The van der Waals surface area contributed by atoms with Gasteiger partial charge in [0, 0.05) is 43.3 Å². The average molecular weight is 226 g/mol. The van der Waals surface area contributed by atoms with E-state index in [2.05, 4.69) is 61.6 Å². The lowest BCUT2D eigenvalue weighted by Gasteiger charge is -2.17. The molecule has 2 aromatic rings. The summed E-state index contributed by atoms with van der Waals surface area (Å²) in [7, 11) is 4.20. The van der Waals surface area contributed by atoms with Gasteiger partial charge < -0.3 is 10.2 Å². The largest absolute Gasteiger partial charge is 0.384 e. The Hall–Kier alpha value is -1.70. The van der Waals surface area contributed by atoms with Gasteiger partial charge in [-0.1, -0.05) is 25.1 Å². The molecule has 1 aliphatic heterocycles. The van der Waals surface area contributed by atoms with Crippen molar-refractivity contribution in [3.63, 3.8) is 0 Å². The Bertz CT molecular complexity index is 572. The van der Waals surface area contributed by atoms with Gasteiger partial charge in [0.15, 0.2) is 0 Å². The number of hydrogen-bond acceptors (Lipinski definition) is 2. The highest BCUT2D eigenvalue weighted by atomic mass is 15.1. The molecule has 0 aliphatic carbocycles. The van der Waals surface area contributed by atoms with Crippen molar-refractivity contribution in [1.82, 2.24) is 0 Å². The molecule has 0 radical (unpaired) electrons. The summed E-state index contributed by atoms with van der Waals surface area (Å²) in [6.45, 7) is 3.35. The molecule has 1 unspecified atom stereocenters. The van der Waals surface area contributed by atoms with Gasteiger partial charge >= 0.3 is 0 Å². The van der Waals surface area contributed by atoms with E-state index in [1.165, 1.54) is 27.7 Å². The minimum Gasteiger partial charge on any atom is -0.384 e. The lowest BCUT2D eigenvalue weighted by atomic mass is 9.95. The van der Waals surface area contributed by atoms with Gasteiger partial charge in [0.2, 0.25) is 0 Å². The predicted molar refractivity (Wildman–Crippen MR) is 75.2 cm³/mol. The molecule has 0 bridgehead atoms. The lowest BCUT2D eigenvalue weighted by molar-refractivity contribution is 0.860. The quantitative estimate of drug-likeness (QED) is 0.801. The van der Waals surface area contributed by atoms with E-state index in [1.54, 1.807) is 0 Å². The van der Waals surface area contributed by atoms with Crippen LogP contribution in [0.25, 0.3) is 10.8 Å². The van der Waals surface area contributed by atoms with Crippen LogP contribution in [-0.4, -0.2) is 20.6 Å². The second kappa shape index (κ2) is 3.66.